The number of fused-ring (bicyclic) bond motifs is 1. The van der Waals surface area contributed by atoms with Gasteiger partial charge in [-0.2, -0.15) is 0 Å². The highest BCUT2D eigenvalue weighted by molar-refractivity contribution is 6.31. The largest absolute Gasteiger partial charge is 0.346 e. The van der Waals surface area contributed by atoms with Crippen LogP contribution in [0.5, 0.6) is 0 Å². The van der Waals surface area contributed by atoms with E-state index in [9.17, 15) is 0 Å². The second kappa shape index (κ2) is 5.42. The summed E-state index contributed by atoms with van der Waals surface area (Å²) in [4.78, 5) is 0. The molecule has 0 spiro atoms. The molecule has 1 N–H and O–H groups in total. The van der Waals surface area contributed by atoms with Gasteiger partial charge in [0.15, 0.2) is 0 Å². The predicted octanol–water partition coefficient (Wildman–Crippen LogP) is 3.47. The fourth-order valence-electron chi connectivity index (χ4n) is 2.95. The zero-order chi connectivity index (χ0) is 14.9. The molecule has 2 atom stereocenters. The van der Waals surface area contributed by atoms with Crippen molar-refractivity contribution in [1.82, 2.24) is 20.2 Å². The van der Waals surface area contributed by atoms with E-state index in [2.05, 4.69) is 33.0 Å². The van der Waals surface area contributed by atoms with Gasteiger partial charge in [-0.05, 0) is 34.0 Å². The molecule has 22 heavy (non-hydrogen) atoms. The average molecular weight is 312 g/mol. The van der Waals surface area contributed by atoms with Gasteiger partial charge in [0.2, 0.25) is 5.95 Å². The molecule has 0 fully saturated rings. The molecule has 110 valence electrons. The van der Waals surface area contributed by atoms with Crippen molar-refractivity contribution in [3.8, 4) is 0 Å². The summed E-state index contributed by atoms with van der Waals surface area (Å²) in [5.41, 5.74) is 2.26. The minimum absolute atomic E-state index is 0.0187. The summed E-state index contributed by atoms with van der Waals surface area (Å²) in [7, 11) is 0. The van der Waals surface area contributed by atoms with E-state index < -0.39 is 0 Å². The van der Waals surface area contributed by atoms with E-state index in [1.807, 2.05) is 42.5 Å². The van der Waals surface area contributed by atoms with Crippen LogP contribution in [-0.2, 0) is 0 Å². The van der Waals surface area contributed by atoms with E-state index in [-0.39, 0.29) is 12.1 Å². The molecule has 0 saturated carbocycles. The molecule has 4 rings (SSSR count). The molecule has 2 aromatic carbocycles. The van der Waals surface area contributed by atoms with Crippen LogP contribution in [0.15, 0.2) is 54.6 Å². The second-order valence-corrected chi connectivity index (χ2v) is 5.73. The minimum atomic E-state index is 0.0187. The molecule has 1 aromatic heterocycles. The summed E-state index contributed by atoms with van der Waals surface area (Å²) in [5.74, 6) is 0.671. The van der Waals surface area contributed by atoms with Gasteiger partial charge in [-0.25, -0.2) is 4.68 Å². The van der Waals surface area contributed by atoms with Crippen LogP contribution in [0.3, 0.4) is 0 Å². The molecule has 0 amide bonds. The number of benzene rings is 2. The first-order valence-electron chi connectivity index (χ1n) is 7.16. The van der Waals surface area contributed by atoms with Crippen LogP contribution in [-0.4, -0.2) is 20.2 Å². The van der Waals surface area contributed by atoms with E-state index in [0.29, 0.717) is 5.95 Å². The summed E-state index contributed by atoms with van der Waals surface area (Å²) in [6.07, 6.45) is 0.839. The van der Waals surface area contributed by atoms with Crippen LogP contribution < -0.4 is 5.32 Å². The standard InChI is InChI=1S/C16H14ClN5/c17-13-9-5-4-8-12(13)15-10-14(11-6-2-1-3-7-11)18-16-19-20-21-22(15)16/h1-9,14-15H,10H2,(H,18,19,21). The van der Waals surface area contributed by atoms with Gasteiger partial charge in [-0.3, -0.25) is 0 Å². The second-order valence-electron chi connectivity index (χ2n) is 5.33. The Morgan fingerprint density at radius 1 is 1.05 bits per heavy atom. The van der Waals surface area contributed by atoms with Gasteiger partial charge in [0, 0.05) is 5.02 Å². The number of rotatable bonds is 2. The zero-order valence-corrected chi connectivity index (χ0v) is 12.5. The third-order valence-electron chi connectivity index (χ3n) is 4.02. The van der Waals surface area contributed by atoms with Crippen LogP contribution >= 0.6 is 11.6 Å². The lowest BCUT2D eigenvalue weighted by atomic mass is 9.93. The predicted molar refractivity (Wildman–Crippen MR) is 84.8 cm³/mol. The average Bonchev–Trinajstić information content (AvgIpc) is 3.04. The molecule has 1 aliphatic heterocycles. The summed E-state index contributed by atoms with van der Waals surface area (Å²) >= 11 is 6.38. The quantitative estimate of drug-likeness (QED) is 0.787. The lowest BCUT2D eigenvalue weighted by molar-refractivity contribution is 0.424. The molecule has 5 nitrogen and oxygen atoms in total. The molecule has 0 aliphatic carbocycles. The van der Waals surface area contributed by atoms with E-state index in [1.165, 1.54) is 5.56 Å². The van der Waals surface area contributed by atoms with E-state index in [1.54, 1.807) is 4.68 Å². The van der Waals surface area contributed by atoms with Crippen molar-refractivity contribution < 1.29 is 0 Å². The van der Waals surface area contributed by atoms with Gasteiger partial charge in [0.1, 0.15) is 0 Å². The Morgan fingerprint density at radius 2 is 1.82 bits per heavy atom. The van der Waals surface area contributed by atoms with Crippen molar-refractivity contribution in [3.63, 3.8) is 0 Å². The summed E-state index contributed by atoms with van der Waals surface area (Å²) in [6.45, 7) is 0. The van der Waals surface area contributed by atoms with Crippen LogP contribution in [0, 0.1) is 0 Å². The number of nitrogens with zero attached hydrogens (tertiary/aromatic N) is 4. The fourth-order valence-corrected chi connectivity index (χ4v) is 3.21. The van der Waals surface area contributed by atoms with Crippen molar-refractivity contribution in [2.45, 2.75) is 18.5 Å². The van der Waals surface area contributed by atoms with Gasteiger partial charge in [-0.1, -0.05) is 65.2 Å². The number of anilines is 1. The Labute approximate surface area is 132 Å². The molecule has 0 saturated heterocycles. The topological polar surface area (TPSA) is 55.6 Å². The maximum Gasteiger partial charge on any atom is 0.243 e. The highest BCUT2D eigenvalue weighted by Gasteiger charge is 2.31. The first-order chi connectivity index (χ1) is 10.8. The van der Waals surface area contributed by atoms with Gasteiger partial charge >= 0.3 is 0 Å². The van der Waals surface area contributed by atoms with E-state index in [0.717, 1.165) is 17.0 Å². The SMILES string of the molecule is Clc1ccccc1C1CC(c2ccccc2)Nc2nnnn21. The van der Waals surface area contributed by atoms with Gasteiger partial charge < -0.3 is 5.32 Å². The Balaban J connectivity index is 1.77. The van der Waals surface area contributed by atoms with Crippen molar-refractivity contribution in [2.24, 2.45) is 0 Å². The number of hydrogen-bond acceptors (Lipinski definition) is 4. The summed E-state index contributed by atoms with van der Waals surface area (Å²) in [5, 5.41) is 16.1. The van der Waals surface area contributed by atoms with Crippen molar-refractivity contribution in [1.29, 1.82) is 0 Å². The molecule has 3 aromatic rings. The lowest BCUT2D eigenvalue weighted by Gasteiger charge is -2.31. The Bertz CT molecular complexity index is 786. The van der Waals surface area contributed by atoms with Gasteiger partial charge in [0.05, 0.1) is 12.1 Å². The van der Waals surface area contributed by atoms with Crippen molar-refractivity contribution >= 4 is 17.5 Å². The van der Waals surface area contributed by atoms with Crippen molar-refractivity contribution in [2.75, 3.05) is 5.32 Å². The maximum absolute atomic E-state index is 6.38. The zero-order valence-electron chi connectivity index (χ0n) is 11.7. The van der Waals surface area contributed by atoms with Crippen LogP contribution in [0.4, 0.5) is 5.95 Å². The molecule has 2 unspecified atom stereocenters. The first-order valence-corrected chi connectivity index (χ1v) is 7.54. The molecule has 2 heterocycles. The third-order valence-corrected chi connectivity index (χ3v) is 4.36. The molecule has 0 bridgehead atoms. The highest BCUT2D eigenvalue weighted by Crippen LogP contribution is 2.38. The van der Waals surface area contributed by atoms with Crippen LogP contribution in [0.2, 0.25) is 5.02 Å². The highest BCUT2D eigenvalue weighted by atomic mass is 35.5. The normalized spacial score (nSPS) is 20.2. The Hall–Kier alpha value is -2.40. The van der Waals surface area contributed by atoms with Crippen LogP contribution in [0.25, 0.3) is 0 Å². The Kier molecular flexibility index (Phi) is 3.27. The minimum Gasteiger partial charge on any atom is -0.346 e. The number of halogens is 1. The lowest BCUT2D eigenvalue weighted by Crippen LogP contribution is -2.28. The molecular weight excluding hydrogens is 298 g/mol. The maximum atomic E-state index is 6.38. The Morgan fingerprint density at radius 3 is 2.64 bits per heavy atom. The number of aromatic nitrogens is 4. The molecular formula is C16H14ClN5. The number of hydrogen-bond donors (Lipinski definition) is 1. The summed E-state index contributed by atoms with van der Waals surface area (Å²) in [6, 6.07) is 18.4. The fraction of sp³-hybridized carbons (Fsp3) is 0.188. The van der Waals surface area contributed by atoms with Crippen molar-refractivity contribution in [3.05, 3.63) is 70.7 Å². The monoisotopic (exact) mass is 311 g/mol. The molecule has 1 aliphatic rings. The molecule has 6 heteroatoms. The van der Waals surface area contributed by atoms with Gasteiger partial charge in [-0.15, -0.1) is 0 Å². The number of nitrogens with one attached hydrogen (secondary N) is 1. The van der Waals surface area contributed by atoms with Crippen LogP contribution in [0.1, 0.15) is 29.6 Å². The number of tetrazole rings is 1. The third kappa shape index (κ3) is 2.23. The summed E-state index contributed by atoms with van der Waals surface area (Å²) < 4.78 is 1.81. The van der Waals surface area contributed by atoms with Gasteiger partial charge in [0.25, 0.3) is 0 Å². The first kappa shape index (κ1) is 13.3. The molecule has 0 radical (unpaired) electrons. The van der Waals surface area contributed by atoms with E-state index >= 15 is 0 Å². The van der Waals surface area contributed by atoms with E-state index in [4.69, 9.17) is 11.6 Å². The smallest absolute Gasteiger partial charge is 0.243 e.